The average molecular weight is 224 g/mol. The lowest BCUT2D eigenvalue weighted by Gasteiger charge is -2.40. The normalized spacial score (nSPS) is 26.0. The van der Waals surface area contributed by atoms with Crippen molar-refractivity contribution in [3.05, 3.63) is 0 Å². The molecule has 0 aromatic rings. The lowest BCUT2D eigenvalue weighted by atomic mass is 9.77. The second-order valence-corrected chi connectivity index (χ2v) is 5.55. The molecule has 1 atom stereocenters. The molecule has 1 heterocycles. The summed E-state index contributed by atoms with van der Waals surface area (Å²) in [7, 11) is 0. The quantitative estimate of drug-likeness (QED) is 0.778. The van der Waals surface area contributed by atoms with E-state index in [1.807, 2.05) is 11.8 Å². The molecule has 92 valence electrons. The van der Waals surface area contributed by atoms with Crippen LogP contribution in [0.25, 0.3) is 0 Å². The van der Waals surface area contributed by atoms with Crippen molar-refractivity contribution in [3.8, 4) is 0 Å². The number of carbonyl (C=O) groups excluding carboxylic acids is 1. The third-order valence-electron chi connectivity index (χ3n) is 4.56. The smallest absolute Gasteiger partial charge is 0.239 e. The van der Waals surface area contributed by atoms with E-state index in [2.05, 4.69) is 0 Å². The molecular formula is C13H24N2O. The van der Waals surface area contributed by atoms with E-state index in [0.717, 1.165) is 19.5 Å². The fraction of sp³-hybridized carbons (Fsp3) is 0.923. The van der Waals surface area contributed by atoms with Crippen molar-refractivity contribution < 1.29 is 4.79 Å². The van der Waals surface area contributed by atoms with Gasteiger partial charge in [-0.05, 0) is 37.5 Å². The second-order valence-electron chi connectivity index (χ2n) is 5.55. The number of rotatable bonds is 2. The van der Waals surface area contributed by atoms with Crippen molar-refractivity contribution in [1.82, 2.24) is 4.90 Å². The monoisotopic (exact) mass is 224 g/mol. The predicted molar refractivity (Wildman–Crippen MR) is 65.0 cm³/mol. The number of piperidine rings is 1. The molecule has 2 rings (SSSR count). The van der Waals surface area contributed by atoms with Gasteiger partial charge >= 0.3 is 0 Å². The minimum absolute atomic E-state index is 0.162. The van der Waals surface area contributed by atoms with Gasteiger partial charge in [0.1, 0.15) is 0 Å². The number of likely N-dealkylation sites (tertiary alicyclic amines) is 1. The van der Waals surface area contributed by atoms with Gasteiger partial charge in [-0.25, -0.2) is 0 Å². The van der Waals surface area contributed by atoms with Crippen LogP contribution >= 0.6 is 0 Å². The lowest BCUT2D eigenvalue weighted by molar-refractivity contribution is -0.135. The van der Waals surface area contributed by atoms with E-state index in [4.69, 9.17) is 5.73 Å². The Morgan fingerprint density at radius 3 is 2.31 bits per heavy atom. The summed E-state index contributed by atoms with van der Waals surface area (Å²) in [5.74, 6) is 0.162. The van der Waals surface area contributed by atoms with Crippen LogP contribution in [0.3, 0.4) is 0 Å². The third-order valence-corrected chi connectivity index (χ3v) is 4.56. The molecule has 1 aliphatic carbocycles. The van der Waals surface area contributed by atoms with Gasteiger partial charge in [0.25, 0.3) is 0 Å². The molecule has 1 aliphatic heterocycles. The van der Waals surface area contributed by atoms with Gasteiger partial charge in [0.2, 0.25) is 5.91 Å². The number of carbonyl (C=O) groups is 1. The Balaban J connectivity index is 1.87. The second kappa shape index (κ2) is 4.74. The molecule has 1 amide bonds. The zero-order chi connectivity index (χ0) is 11.6. The molecule has 0 aromatic carbocycles. The molecule has 16 heavy (non-hydrogen) atoms. The molecule has 0 radical (unpaired) electrons. The van der Waals surface area contributed by atoms with Crippen molar-refractivity contribution in [3.63, 3.8) is 0 Å². The highest BCUT2D eigenvalue weighted by Crippen LogP contribution is 2.46. The molecule has 2 aliphatic rings. The van der Waals surface area contributed by atoms with Gasteiger partial charge < -0.3 is 10.6 Å². The zero-order valence-corrected chi connectivity index (χ0v) is 10.4. The molecule has 2 fully saturated rings. The summed E-state index contributed by atoms with van der Waals surface area (Å²) >= 11 is 0. The molecule has 3 heteroatoms. The Bertz CT molecular complexity index is 249. The SMILES string of the molecule is CCC(N)C(=O)N1CCC2(CCCC2)CC1. The van der Waals surface area contributed by atoms with Crippen molar-refractivity contribution in [1.29, 1.82) is 0 Å². The topological polar surface area (TPSA) is 46.3 Å². The number of amides is 1. The summed E-state index contributed by atoms with van der Waals surface area (Å²) in [6.45, 7) is 3.85. The van der Waals surface area contributed by atoms with Crippen LogP contribution in [0.4, 0.5) is 0 Å². The summed E-state index contributed by atoms with van der Waals surface area (Å²) in [5, 5.41) is 0. The molecule has 3 nitrogen and oxygen atoms in total. The number of nitrogens with zero attached hydrogens (tertiary/aromatic N) is 1. The van der Waals surface area contributed by atoms with Crippen LogP contribution in [-0.2, 0) is 4.79 Å². The first-order valence-corrected chi connectivity index (χ1v) is 6.71. The highest BCUT2D eigenvalue weighted by molar-refractivity contribution is 5.81. The van der Waals surface area contributed by atoms with Crippen molar-refractivity contribution in [2.45, 2.75) is 57.9 Å². The summed E-state index contributed by atoms with van der Waals surface area (Å²) < 4.78 is 0. The number of nitrogens with two attached hydrogens (primary N) is 1. The first kappa shape index (κ1) is 11.9. The summed E-state index contributed by atoms with van der Waals surface area (Å²) in [4.78, 5) is 13.9. The van der Waals surface area contributed by atoms with Gasteiger partial charge in [0.05, 0.1) is 6.04 Å². The highest BCUT2D eigenvalue weighted by Gasteiger charge is 2.38. The minimum Gasteiger partial charge on any atom is -0.341 e. The summed E-state index contributed by atoms with van der Waals surface area (Å²) in [5.41, 5.74) is 6.39. The molecule has 1 saturated heterocycles. The molecule has 1 saturated carbocycles. The van der Waals surface area contributed by atoms with Crippen LogP contribution in [0.1, 0.15) is 51.9 Å². The zero-order valence-electron chi connectivity index (χ0n) is 10.4. The maximum Gasteiger partial charge on any atom is 0.239 e. The van der Waals surface area contributed by atoms with Gasteiger partial charge in [0.15, 0.2) is 0 Å². The predicted octanol–water partition coefficient (Wildman–Crippen LogP) is 1.91. The fourth-order valence-electron chi connectivity index (χ4n) is 3.24. The van der Waals surface area contributed by atoms with Gasteiger partial charge in [-0.1, -0.05) is 19.8 Å². The van der Waals surface area contributed by atoms with Crippen molar-refractivity contribution in [2.75, 3.05) is 13.1 Å². The van der Waals surface area contributed by atoms with E-state index in [-0.39, 0.29) is 11.9 Å². The van der Waals surface area contributed by atoms with Gasteiger partial charge in [-0.15, -0.1) is 0 Å². The van der Waals surface area contributed by atoms with Crippen LogP contribution in [0.2, 0.25) is 0 Å². The Morgan fingerprint density at radius 2 is 1.81 bits per heavy atom. The fourth-order valence-corrected chi connectivity index (χ4v) is 3.24. The molecule has 0 bridgehead atoms. The van der Waals surface area contributed by atoms with Gasteiger partial charge in [0, 0.05) is 13.1 Å². The first-order valence-electron chi connectivity index (χ1n) is 6.71. The molecule has 1 spiro atoms. The lowest BCUT2D eigenvalue weighted by Crippen LogP contribution is -2.48. The Hall–Kier alpha value is -0.570. The maximum atomic E-state index is 11.9. The Kier molecular flexibility index (Phi) is 3.53. The van der Waals surface area contributed by atoms with Crippen LogP contribution in [0.15, 0.2) is 0 Å². The summed E-state index contributed by atoms with van der Waals surface area (Å²) in [6.07, 6.45) is 8.71. The average Bonchev–Trinajstić information content (AvgIpc) is 2.77. The summed E-state index contributed by atoms with van der Waals surface area (Å²) in [6, 6.07) is -0.280. The molecular weight excluding hydrogens is 200 g/mol. The first-order chi connectivity index (χ1) is 7.67. The maximum absolute atomic E-state index is 11.9. The van der Waals surface area contributed by atoms with Gasteiger partial charge in [-0.2, -0.15) is 0 Å². The van der Waals surface area contributed by atoms with Crippen molar-refractivity contribution in [2.24, 2.45) is 11.1 Å². The minimum atomic E-state index is -0.280. The van der Waals surface area contributed by atoms with Crippen LogP contribution in [0, 0.1) is 5.41 Å². The van der Waals surface area contributed by atoms with Crippen molar-refractivity contribution >= 4 is 5.91 Å². The Morgan fingerprint density at radius 1 is 1.25 bits per heavy atom. The molecule has 0 aromatic heterocycles. The van der Waals surface area contributed by atoms with Crippen LogP contribution in [0.5, 0.6) is 0 Å². The largest absolute Gasteiger partial charge is 0.341 e. The third kappa shape index (κ3) is 2.24. The molecule has 2 N–H and O–H groups in total. The van der Waals surface area contributed by atoms with E-state index in [0.29, 0.717) is 5.41 Å². The number of hydrogen-bond donors (Lipinski definition) is 1. The van der Waals surface area contributed by atoms with Gasteiger partial charge in [-0.3, -0.25) is 4.79 Å². The number of hydrogen-bond acceptors (Lipinski definition) is 2. The van der Waals surface area contributed by atoms with E-state index in [1.54, 1.807) is 0 Å². The molecule has 1 unspecified atom stereocenters. The van der Waals surface area contributed by atoms with E-state index in [1.165, 1.54) is 38.5 Å². The highest BCUT2D eigenvalue weighted by atomic mass is 16.2. The van der Waals surface area contributed by atoms with E-state index in [9.17, 15) is 4.79 Å². The van der Waals surface area contributed by atoms with E-state index >= 15 is 0 Å². The van der Waals surface area contributed by atoms with E-state index < -0.39 is 0 Å². The van der Waals surface area contributed by atoms with Crippen LogP contribution in [-0.4, -0.2) is 29.9 Å². The standard InChI is InChI=1S/C13H24N2O/c1-2-11(14)12(16)15-9-7-13(8-10-15)5-3-4-6-13/h11H,2-10,14H2,1H3. The Labute approximate surface area is 98.4 Å². The van der Waals surface area contributed by atoms with Crippen LogP contribution < -0.4 is 5.73 Å².